The van der Waals surface area contributed by atoms with Gasteiger partial charge >= 0.3 is 0 Å². The molecule has 0 unspecified atom stereocenters. The van der Waals surface area contributed by atoms with E-state index in [9.17, 15) is 18.0 Å². The molecule has 0 bridgehead atoms. The first-order chi connectivity index (χ1) is 22.1. The highest BCUT2D eigenvalue weighted by Crippen LogP contribution is 2.36. The Hall–Kier alpha value is -4.60. The topological polar surface area (TPSA) is 111 Å². The van der Waals surface area contributed by atoms with Gasteiger partial charge in [0, 0.05) is 30.0 Å². The summed E-state index contributed by atoms with van der Waals surface area (Å²) < 4.78 is 39.3. The fourth-order valence-corrected chi connectivity index (χ4v) is 6.45. The zero-order chi connectivity index (χ0) is 32.7. The lowest BCUT2D eigenvalue weighted by Crippen LogP contribution is -2.34. The quantitative estimate of drug-likeness (QED) is 0.151. The molecule has 0 aliphatic heterocycles. The Morgan fingerprint density at radius 3 is 2.22 bits per heavy atom. The van der Waals surface area contributed by atoms with E-state index in [4.69, 9.17) is 21.1 Å². The number of carbonyl (C=O) groups excluding carboxylic acids is 2. The molecular weight excluding hydrogens is 624 g/mol. The molecule has 0 radical (unpaired) electrons. The molecule has 46 heavy (non-hydrogen) atoms. The molecular formula is C36H35ClN2O6S. The van der Waals surface area contributed by atoms with Gasteiger partial charge in [0.15, 0.2) is 0 Å². The van der Waals surface area contributed by atoms with Crippen molar-refractivity contribution in [3.8, 4) is 17.2 Å². The number of hydrogen-bond donors (Lipinski definition) is 2. The summed E-state index contributed by atoms with van der Waals surface area (Å²) in [7, 11) is -4.10. The van der Waals surface area contributed by atoms with Gasteiger partial charge in [-0.3, -0.25) is 9.59 Å². The molecule has 10 heteroatoms. The third kappa shape index (κ3) is 8.16. The molecule has 0 heterocycles. The van der Waals surface area contributed by atoms with Crippen molar-refractivity contribution in [3.05, 3.63) is 124 Å². The van der Waals surface area contributed by atoms with Gasteiger partial charge in [0.1, 0.15) is 17.2 Å². The number of sulfonamides is 1. The van der Waals surface area contributed by atoms with E-state index in [-0.39, 0.29) is 23.8 Å². The van der Waals surface area contributed by atoms with Gasteiger partial charge in [0.2, 0.25) is 11.8 Å². The van der Waals surface area contributed by atoms with E-state index in [1.807, 2.05) is 68.4 Å². The molecule has 8 nitrogen and oxygen atoms in total. The van der Waals surface area contributed by atoms with Crippen LogP contribution in [0.4, 0.5) is 0 Å². The van der Waals surface area contributed by atoms with E-state index in [2.05, 4.69) is 10.0 Å². The summed E-state index contributed by atoms with van der Waals surface area (Å²) in [4.78, 5) is 25.7. The number of rotatable bonds is 13. The van der Waals surface area contributed by atoms with Gasteiger partial charge in [0.05, 0.1) is 11.5 Å². The first-order valence-electron chi connectivity index (χ1n) is 15.0. The minimum absolute atomic E-state index is 0.0183. The highest BCUT2D eigenvalue weighted by molar-refractivity contribution is 7.90. The number of allylic oxidation sites excluding steroid dienone is 1. The summed E-state index contributed by atoms with van der Waals surface area (Å²) in [6.45, 7) is 4.34. The highest BCUT2D eigenvalue weighted by Gasteiger charge is 2.26. The summed E-state index contributed by atoms with van der Waals surface area (Å²) in [5.41, 5.74) is 5.61. The van der Waals surface area contributed by atoms with Crippen molar-refractivity contribution in [3.63, 3.8) is 0 Å². The number of halogens is 1. The maximum Gasteiger partial charge on any atom is 0.264 e. The van der Waals surface area contributed by atoms with Gasteiger partial charge in [-0.15, -0.1) is 0 Å². The summed E-state index contributed by atoms with van der Waals surface area (Å²) in [6, 6.07) is 26.6. The minimum Gasteiger partial charge on any atom is -0.494 e. The number of ether oxygens (including phenoxy) is 2. The van der Waals surface area contributed by atoms with Crippen LogP contribution in [-0.2, 0) is 26.0 Å². The van der Waals surface area contributed by atoms with Crippen molar-refractivity contribution in [2.24, 2.45) is 0 Å². The molecule has 1 aliphatic rings. The average molecular weight is 659 g/mol. The summed E-state index contributed by atoms with van der Waals surface area (Å²) in [6.07, 6.45) is 1.61. The van der Waals surface area contributed by atoms with Crippen LogP contribution in [0.15, 0.2) is 101 Å². The van der Waals surface area contributed by atoms with Crippen LogP contribution in [0.2, 0.25) is 5.02 Å². The normalized spacial score (nSPS) is 12.4. The third-order valence-corrected chi connectivity index (χ3v) is 9.58. The molecule has 2 N–H and O–H groups in total. The maximum atomic E-state index is 13.3. The van der Waals surface area contributed by atoms with Crippen molar-refractivity contribution in [1.82, 2.24) is 10.0 Å². The second-order valence-electron chi connectivity index (χ2n) is 11.0. The second-order valence-corrected chi connectivity index (χ2v) is 13.1. The Labute approximate surface area is 274 Å². The van der Waals surface area contributed by atoms with E-state index >= 15 is 0 Å². The predicted octanol–water partition coefficient (Wildman–Crippen LogP) is 6.93. The van der Waals surface area contributed by atoms with E-state index in [1.165, 1.54) is 24.3 Å². The molecule has 0 atom stereocenters. The number of aryl methyl sites for hydroxylation is 2. The summed E-state index contributed by atoms with van der Waals surface area (Å²) in [5, 5.41) is 3.53. The van der Waals surface area contributed by atoms with E-state index in [1.54, 1.807) is 12.1 Å². The van der Waals surface area contributed by atoms with Crippen LogP contribution in [0.1, 0.15) is 41.5 Å². The SMILES string of the molecule is Cc1cc(OCCCC2=C(C(=O)NCCC(=O)NS(=O)(=O)c3ccc(Oc4ccccc4)cc3)Cc3ccccc32)cc(C)c1Cl. The molecule has 1 aliphatic carbocycles. The van der Waals surface area contributed by atoms with Crippen LogP contribution in [-0.4, -0.2) is 33.4 Å². The van der Waals surface area contributed by atoms with E-state index < -0.39 is 15.9 Å². The van der Waals surface area contributed by atoms with Crippen LogP contribution >= 0.6 is 11.6 Å². The van der Waals surface area contributed by atoms with E-state index in [0.717, 1.165) is 38.6 Å². The van der Waals surface area contributed by atoms with Crippen molar-refractivity contribution in [2.75, 3.05) is 13.2 Å². The Kier molecular flexibility index (Phi) is 10.4. The van der Waals surface area contributed by atoms with Crippen LogP contribution in [0, 0.1) is 13.8 Å². The molecule has 0 aromatic heterocycles. The standard InChI is InChI=1S/C36H35ClN2O6S/c1-24-21-29(22-25(2)35(24)37)44-20-8-13-32-31-12-7-6-9-26(31)23-33(32)36(41)38-19-18-34(40)39-46(42,43)30-16-14-28(15-17-30)45-27-10-4-3-5-11-27/h3-7,9-12,14-17,21-22H,8,13,18-20,23H2,1-2H3,(H,38,41)(H,39,40). The van der Waals surface area contributed by atoms with Crippen molar-refractivity contribution < 1.29 is 27.5 Å². The van der Waals surface area contributed by atoms with Crippen LogP contribution in [0.25, 0.3) is 5.57 Å². The zero-order valence-corrected chi connectivity index (χ0v) is 27.2. The van der Waals surface area contributed by atoms with E-state index in [0.29, 0.717) is 42.9 Å². The molecule has 4 aromatic rings. The molecule has 4 aromatic carbocycles. The largest absolute Gasteiger partial charge is 0.494 e. The Morgan fingerprint density at radius 2 is 1.50 bits per heavy atom. The Bertz CT molecular complexity index is 1850. The first kappa shape index (κ1) is 32.8. The van der Waals surface area contributed by atoms with Crippen molar-refractivity contribution in [2.45, 2.75) is 44.4 Å². The fraction of sp³-hybridized carbons (Fsp3) is 0.222. The Balaban J connectivity index is 1.13. The molecule has 0 spiro atoms. The van der Waals surface area contributed by atoms with Gasteiger partial charge in [-0.1, -0.05) is 54.1 Å². The average Bonchev–Trinajstić information content (AvgIpc) is 3.41. The van der Waals surface area contributed by atoms with Crippen LogP contribution < -0.4 is 19.5 Å². The highest BCUT2D eigenvalue weighted by atomic mass is 35.5. The third-order valence-electron chi connectivity index (χ3n) is 7.60. The molecule has 0 fully saturated rings. The Morgan fingerprint density at radius 1 is 0.848 bits per heavy atom. The van der Waals surface area contributed by atoms with Crippen molar-refractivity contribution >= 4 is 39.0 Å². The maximum absolute atomic E-state index is 13.3. The molecule has 2 amide bonds. The van der Waals surface area contributed by atoms with Crippen molar-refractivity contribution in [1.29, 1.82) is 0 Å². The smallest absolute Gasteiger partial charge is 0.264 e. The molecule has 238 valence electrons. The first-order valence-corrected chi connectivity index (χ1v) is 16.8. The molecule has 0 saturated heterocycles. The number of carbonyl (C=O) groups is 2. The number of fused-ring (bicyclic) bond motifs is 1. The number of para-hydroxylation sites is 1. The molecule has 0 saturated carbocycles. The van der Waals surface area contributed by atoms with Crippen LogP contribution in [0.5, 0.6) is 17.2 Å². The summed E-state index contributed by atoms with van der Waals surface area (Å²) in [5.74, 6) is 0.833. The monoisotopic (exact) mass is 658 g/mol. The number of nitrogens with one attached hydrogen (secondary N) is 2. The minimum atomic E-state index is -4.10. The lowest BCUT2D eigenvalue weighted by atomic mass is 10.0. The van der Waals surface area contributed by atoms with Gasteiger partial charge in [0.25, 0.3) is 10.0 Å². The fourth-order valence-electron chi connectivity index (χ4n) is 5.33. The van der Waals surface area contributed by atoms with Gasteiger partial charge in [-0.05, 0) is 103 Å². The van der Waals surface area contributed by atoms with Crippen LogP contribution in [0.3, 0.4) is 0 Å². The number of amides is 2. The zero-order valence-electron chi connectivity index (χ0n) is 25.6. The number of benzene rings is 4. The van der Waals surface area contributed by atoms with Gasteiger partial charge < -0.3 is 14.8 Å². The second kappa shape index (κ2) is 14.7. The number of hydrogen-bond acceptors (Lipinski definition) is 6. The predicted molar refractivity (Wildman–Crippen MR) is 179 cm³/mol. The lowest BCUT2D eigenvalue weighted by molar-refractivity contribution is -0.119. The summed E-state index contributed by atoms with van der Waals surface area (Å²) >= 11 is 6.27. The molecule has 5 rings (SSSR count). The lowest BCUT2D eigenvalue weighted by Gasteiger charge is -2.12. The van der Waals surface area contributed by atoms with Gasteiger partial charge in [-0.2, -0.15) is 0 Å². The van der Waals surface area contributed by atoms with Gasteiger partial charge in [-0.25, -0.2) is 13.1 Å².